The van der Waals surface area contributed by atoms with Gasteiger partial charge in [-0.05, 0) is 31.2 Å². The van der Waals surface area contributed by atoms with Gasteiger partial charge in [0, 0.05) is 44.5 Å². The van der Waals surface area contributed by atoms with Gasteiger partial charge in [0.25, 0.3) is 0 Å². The molecule has 1 saturated heterocycles. The molecular formula is C19H24N6O2. The lowest BCUT2D eigenvalue weighted by Crippen LogP contribution is -2.49. The predicted octanol–water partition coefficient (Wildman–Crippen LogP) is 1.83. The van der Waals surface area contributed by atoms with Crippen LogP contribution in [-0.2, 0) is 0 Å². The third-order valence-electron chi connectivity index (χ3n) is 4.93. The Balaban J connectivity index is 1.32. The molecule has 1 N–H and O–H groups in total. The molecule has 0 aromatic heterocycles. The van der Waals surface area contributed by atoms with Crippen molar-refractivity contribution in [1.29, 1.82) is 0 Å². The van der Waals surface area contributed by atoms with Crippen LogP contribution in [0.3, 0.4) is 0 Å². The van der Waals surface area contributed by atoms with Gasteiger partial charge in [-0.25, -0.2) is 9.79 Å². The van der Waals surface area contributed by atoms with E-state index in [1.54, 1.807) is 7.11 Å². The summed E-state index contributed by atoms with van der Waals surface area (Å²) >= 11 is 0. The Bertz CT molecular complexity index is 793. The molecule has 0 aliphatic carbocycles. The van der Waals surface area contributed by atoms with Crippen molar-refractivity contribution in [2.24, 2.45) is 9.98 Å². The van der Waals surface area contributed by atoms with E-state index >= 15 is 0 Å². The van der Waals surface area contributed by atoms with Crippen LogP contribution in [0.1, 0.15) is 6.92 Å². The molecule has 0 unspecified atom stereocenters. The standard InChI is InChI=1S/C19H24N6O2/c1-14-12-25-13-20-17(11-18(25)21-14)23-7-9-24(10-8-23)19(26)22-15-3-5-16(27-2)6-4-15/h3-6,11,13-14H,7-10,12H2,1-2H3,(H,22,26)/t14-/m1/s1. The number of benzene rings is 1. The van der Waals surface area contributed by atoms with E-state index in [1.807, 2.05) is 41.6 Å². The van der Waals surface area contributed by atoms with Crippen molar-refractivity contribution < 1.29 is 9.53 Å². The fraction of sp³-hybridized carbons (Fsp3) is 0.421. The number of amides is 2. The van der Waals surface area contributed by atoms with Crippen LogP contribution in [0.2, 0.25) is 0 Å². The second kappa shape index (κ2) is 7.30. The first kappa shape index (κ1) is 17.4. The molecule has 8 heteroatoms. The van der Waals surface area contributed by atoms with E-state index in [-0.39, 0.29) is 6.03 Å². The molecule has 0 radical (unpaired) electrons. The van der Waals surface area contributed by atoms with Gasteiger partial charge in [-0.15, -0.1) is 0 Å². The number of piperazine rings is 1. The number of ether oxygens (including phenoxy) is 1. The summed E-state index contributed by atoms with van der Waals surface area (Å²) in [5.41, 5.74) is 0.760. The Labute approximate surface area is 158 Å². The topological polar surface area (TPSA) is 72.8 Å². The van der Waals surface area contributed by atoms with Gasteiger partial charge in [0.15, 0.2) is 0 Å². The van der Waals surface area contributed by atoms with E-state index in [2.05, 4.69) is 32.0 Å². The molecule has 0 bridgehead atoms. The molecular weight excluding hydrogens is 344 g/mol. The Morgan fingerprint density at radius 2 is 1.93 bits per heavy atom. The van der Waals surface area contributed by atoms with Gasteiger partial charge in [-0.1, -0.05) is 0 Å². The van der Waals surface area contributed by atoms with Gasteiger partial charge >= 0.3 is 6.03 Å². The van der Waals surface area contributed by atoms with E-state index in [0.29, 0.717) is 19.1 Å². The van der Waals surface area contributed by atoms with Crippen molar-refractivity contribution in [3.05, 3.63) is 36.2 Å². The molecule has 1 atom stereocenters. The minimum absolute atomic E-state index is 0.0823. The molecule has 3 heterocycles. The number of amidine groups is 1. The highest BCUT2D eigenvalue weighted by molar-refractivity contribution is 6.03. The van der Waals surface area contributed by atoms with Crippen molar-refractivity contribution >= 4 is 23.9 Å². The SMILES string of the molecule is COc1ccc(NC(=O)N2CCN(C3=CC4=N[C@H](C)CN4C=N3)CC2)cc1. The van der Waals surface area contributed by atoms with Gasteiger partial charge < -0.3 is 24.8 Å². The third kappa shape index (κ3) is 3.74. The van der Waals surface area contributed by atoms with Crippen LogP contribution < -0.4 is 10.1 Å². The number of carbonyl (C=O) groups is 1. The minimum atomic E-state index is -0.0823. The highest BCUT2D eigenvalue weighted by atomic mass is 16.5. The molecule has 1 fully saturated rings. The summed E-state index contributed by atoms with van der Waals surface area (Å²) in [7, 11) is 1.62. The van der Waals surface area contributed by atoms with Crippen LogP contribution in [-0.4, -0.2) is 78.8 Å². The van der Waals surface area contributed by atoms with Crippen LogP contribution in [0.5, 0.6) is 5.75 Å². The Morgan fingerprint density at radius 3 is 2.63 bits per heavy atom. The summed E-state index contributed by atoms with van der Waals surface area (Å²) in [6.07, 6.45) is 3.90. The van der Waals surface area contributed by atoms with Gasteiger partial charge in [-0.2, -0.15) is 0 Å². The van der Waals surface area contributed by atoms with Gasteiger partial charge in [0.2, 0.25) is 0 Å². The smallest absolute Gasteiger partial charge is 0.321 e. The average Bonchev–Trinajstić information content (AvgIpc) is 3.08. The van der Waals surface area contributed by atoms with Crippen LogP contribution in [0.15, 0.2) is 46.1 Å². The second-order valence-corrected chi connectivity index (χ2v) is 6.87. The number of methoxy groups -OCH3 is 1. The van der Waals surface area contributed by atoms with Crippen LogP contribution >= 0.6 is 0 Å². The first-order valence-electron chi connectivity index (χ1n) is 9.17. The molecule has 0 spiro atoms. The highest BCUT2D eigenvalue weighted by Gasteiger charge is 2.27. The minimum Gasteiger partial charge on any atom is -0.497 e. The third-order valence-corrected chi connectivity index (χ3v) is 4.93. The molecule has 3 aliphatic heterocycles. The van der Waals surface area contributed by atoms with Crippen LogP contribution in [0, 0.1) is 0 Å². The van der Waals surface area contributed by atoms with Crippen LogP contribution in [0.25, 0.3) is 0 Å². The van der Waals surface area contributed by atoms with E-state index in [9.17, 15) is 4.79 Å². The summed E-state index contributed by atoms with van der Waals surface area (Å²) in [6.45, 7) is 5.81. The van der Waals surface area contributed by atoms with Gasteiger partial charge in [-0.3, -0.25) is 4.99 Å². The number of hydrogen-bond acceptors (Lipinski definition) is 6. The lowest BCUT2D eigenvalue weighted by atomic mass is 10.3. The zero-order valence-electron chi connectivity index (χ0n) is 15.6. The van der Waals surface area contributed by atoms with Crippen LogP contribution in [0.4, 0.5) is 10.5 Å². The molecule has 27 heavy (non-hydrogen) atoms. The average molecular weight is 368 g/mol. The predicted molar refractivity (Wildman–Crippen MR) is 105 cm³/mol. The summed E-state index contributed by atoms with van der Waals surface area (Å²) in [4.78, 5) is 27.8. The number of hydrogen-bond donors (Lipinski definition) is 1. The van der Waals surface area contributed by atoms with Crippen molar-refractivity contribution in [1.82, 2.24) is 14.7 Å². The Kier molecular flexibility index (Phi) is 4.70. The molecule has 1 aromatic rings. The number of anilines is 1. The lowest BCUT2D eigenvalue weighted by molar-refractivity contribution is 0.167. The van der Waals surface area contributed by atoms with Crippen molar-refractivity contribution in [3.63, 3.8) is 0 Å². The monoisotopic (exact) mass is 368 g/mol. The first-order chi connectivity index (χ1) is 13.1. The highest BCUT2D eigenvalue weighted by Crippen LogP contribution is 2.19. The molecule has 4 rings (SSSR count). The van der Waals surface area contributed by atoms with E-state index in [1.165, 1.54) is 0 Å². The molecule has 3 aliphatic rings. The summed E-state index contributed by atoms with van der Waals surface area (Å²) < 4.78 is 5.14. The maximum atomic E-state index is 12.5. The maximum Gasteiger partial charge on any atom is 0.321 e. The summed E-state index contributed by atoms with van der Waals surface area (Å²) in [5.74, 6) is 2.67. The number of rotatable bonds is 3. The number of nitrogens with zero attached hydrogens (tertiary/aromatic N) is 5. The molecule has 8 nitrogen and oxygen atoms in total. The Morgan fingerprint density at radius 1 is 1.19 bits per heavy atom. The largest absolute Gasteiger partial charge is 0.497 e. The summed E-state index contributed by atoms with van der Waals surface area (Å²) in [5, 5.41) is 2.94. The zero-order chi connectivity index (χ0) is 18.8. The van der Waals surface area contributed by atoms with Crippen molar-refractivity contribution in [2.45, 2.75) is 13.0 Å². The first-order valence-corrected chi connectivity index (χ1v) is 9.17. The molecule has 1 aromatic carbocycles. The Hall–Kier alpha value is -3.03. The fourth-order valence-corrected chi connectivity index (χ4v) is 3.42. The number of urea groups is 1. The van der Waals surface area contributed by atoms with Crippen molar-refractivity contribution in [2.75, 3.05) is 45.2 Å². The summed E-state index contributed by atoms with van der Waals surface area (Å²) in [6, 6.07) is 7.56. The van der Waals surface area contributed by atoms with E-state index < -0.39 is 0 Å². The van der Waals surface area contributed by atoms with Crippen molar-refractivity contribution in [3.8, 4) is 5.75 Å². The fourth-order valence-electron chi connectivity index (χ4n) is 3.42. The molecule has 0 saturated carbocycles. The number of fused-ring (bicyclic) bond motifs is 1. The van der Waals surface area contributed by atoms with E-state index in [4.69, 9.17) is 4.74 Å². The normalized spacial score (nSPS) is 21.6. The quantitative estimate of drug-likeness (QED) is 0.884. The number of nitrogens with one attached hydrogen (secondary N) is 1. The molecule has 142 valence electrons. The van der Waals surface area contributed by atoms with Gasteiger partial charge in [0.05, 0.1) is 19.5 Å². The lowest BCUT2D eigenvalue weighted by Gasteiger charge is -2.36. The number of aliphatic imine (C=N–C) groups is 2. The maximum absolute atomic E-state index is 12.5. The second-order valence-electron chi connectivity index (χ2n) is 6.87. The van der Waals surface area contributed by atoms with Gasteiger partial charge in [0.1, 0.15) is 17.4 Å². The molecule has 2 amide bonds. The number of carbonyl (C=O) groups excluding carboxylic acids is 1. The van der Waals surface area contributed by atoms with E-state index in [0.717, 1.165) is 42.7 Å². The zero-order valence-corrected chi connectivity index (χ0v) is 15.6.